The highest BCUT2D eigenvalue weighted by atomic mass is 32.1. The van der Waals surface area contributed by atoms with Gasteiger partial charge in [-0.1, -0.05) is 31.2 Å². The van der Waals surface area contributed by atoms with Crippen LogP contribution in [-0.2, 0) is 13.0 Å². The van der Waals surface area contributed by atoms with Gasteiger partial charge in [0.05, 0.1) is 4.88 Å². The lowest BCUT2D eigenvalue weighted by atomic mass is 9.98. The van der Waals surface area contributed by atoms with Gasteiger partial charge in [-0.15, -0.1) is 11.3 Å². The van der Waals surface area contributed by atoms with Gasteiger partial charge >= 0.3 is 5.97 Å². The molecule has 1 aliphatic heterocycles. The highest BCUT2D eigenvalue weighted by molar-refractivity contribution is 7.15. The van der Waals surface area contributed by atoms with E-state index in [9.17, 15) is 9.59 Å². The van der Waals surface area contributed by atoms with Gasteiger partial charge in [-0.25, -0.2) is 4.79 Å². The molecule has 0 aliphatic carbocycles. The van der Waals surface area contributed by atoms with Crippen LogP contribution in [-0.4, -0.2) is 41.0 Å². The molecule has 1 aliphatic rings. The summed E-state index contributed by atoms with van der Waals surface area (Å²) in [6.07, 6.45) is 1.99. The maximum absolute atomic E-state index is 12.3. The number of rotatable bonds is 6. The normalized spacial score (nSPS) is 15.4. The smallest absolute Gasteiger partial charge is 0.345 e. The molecule has 2 aromatic rings. The minimum atomic E-state index is -0.998. The van der Waals surface area contributed by atoms with Crippen LogP contribution in [0.5, 0.6) is 0 Å². The predicted octanol–water partition coefficient (Wildman–Crippen LogP) is 3.01. The number of nitrogens with zero attached hydrogens (tertiary/aromatic N) is 1. The molecule has 2 N–H and O–H groups in total. The molecule has 132 valence electrons. The van der Waals surface area contributed by atoms with Crippen molar-refractivity contribution >= 4 is 23.2 Å². The lowest BCUT2D eigenvalue weighted by Gasteiger charge is -2.35. The molecule has 1 aromatic carbocycles. The molecule has 25 heavy (non-hydrogen) atoms. The zero-order chi connectivity index (χ0) is 17.8. The maximum Gasteiger partial charge on any atom is 0.345 e. The van der Waals surface area contributed by atoms with Crippen LogP contribution >= 0.6 is 11.3 Å². The molecule has 0 saturated heterocycles. The molecule has 0 radical (unpaired) electrons. The minimum Gasteiger partial charge on any atom is -0.477 e. The Kier molecular flexibility index (Phi) is 5.50. The molecule has 0 fully saturated rings. The number of carboxylic acids is 1. The van der Waals surface area contributed by atoms with Crippen molar-refractivity contribution in [3.05, 3.63) is 57.3 Å². The van der Waals surface area contributed by atoms with Crippen LogP contribution in [0.4, 0.5) is 0 Å². The van der Waals surface area contributed by atoms with E-state index in [1.807, 2.05) is 0 Å². The summed E-state index contributed by atoms with van der Waals surface area (Å²) in [4.78, 5) is 26.2. The Balaban J connectivity index is 1.59. The zero-order valence-corrected chi connectivity index (χ0v) is 15.0. The van der Waals surface area contributed by atoms with Crippen molar-refractivity contribution in [1.29, 1.82) is 0 Å². The van der Waals surface area contributed by atoms with Crippen LogP contribution in [0.3, 0.4) is 0 Å². The molecule has 1 amide bonds. The number of amides is 1. The van der Waals surface area contributed by atoms with Gasteiger partial charge in [0.15, 0.2) is 0 Å². The Labute approximate surface area is 151 Å². The van der Waals surface area contributed by atoms with E-state index in [1.54, 1.807) is 6.07 Å². The number of hydrogen-bond acceptors (Lipinski definition) is 4. The van der Waals surface area contributed by atoms with E-state index in [2.05, 4.69) is 41.4 Å². The Bertz CT molecular complexity index is 772. The third-order valence-electron chi connectivity index (χ3n) is 4.69. The van der Waals surface area contributed by atoms with Gasteiger partial charge in [-0.05, 0) is 36.1 Å². The Morgan fingerprint density at radius 3 is 2.60 bits per heavy atom. The van der Waals surface area contributed by atoms with Gasteiger partial charge < -0.3 is 10.4 Å². The van der Waals surface area contributed by atoms with Gasteiger partial charge in [0.1, 0.15) is 4.88 Å². The van der Waals surface area contributed by atoms with Crippen molar-refractivity contribution in [3.63, 3.8) is 0 Å². The Hall–Kier alpha value is -2.18. The predicted molar refractivity (Wildman–Crippen MR) is 98.2 cm³/mol. The third-order valence-corrected chi connectivity index (χ3v) is 5.76. The van der Waals surface area contributed by atoms with Gasteiger partial charge in [-0.2, -0.15) is 0 Å². The summed E-state index contributed by atoms with van der Waals surface area (Å²) in [5.41, 5.74) is 2.78. The van der Waals surface area contributed by atoms with Crippen LogP contribution in [0.15, 0.2) is 36.4 Å². The summed E-state index contributed by atoms with van der Waals surface area (Å²) < 4.78 is 0. The van der Waals surface area contributed by atoms with Crippen molar-refractivity contribution in [2.45, 2.75) is 32.4 Å². The first-order chi connectivity index (χ1) is 12.1. The van der Waals surface area contributed by atoms with E-state index in [-0.39, 0.29) is 16.8 Å². The van der Waals surface area contributed by atoms with E-state index in [0.29, 0.717) is 11.4 Å². The Morgan fingerprint density at radius 1 is 1.20 bits per heavy atom. The second-order valence-electron chi connectivity index (χ2n) is 6.23. The third kappa shape index (κ3) is 4.08. The molecule has 1 aromatic heterocycles. The molecule has 1 atom stereocenters. The summed E-state index contributed by atoms with van der Waals surface area (Å²) in [7, 11) is 0. The number of hydrogen-bond donors (Lipinski definition) is 2. The van der Waals surface area contributed by atoms with Crippen LogP contribution in [0.25, 0.3) is 0 Å². The second-order valence-corrected chi connectivity index (χ2v) is 7.31. The van der Waals surface area contributed by atoms with Crippen molar-refractivity contribution < 1.29 is 14.7 Å². The SMILES string of the molecule is CCC(CNC(=O)c1ccc(C(=O)O)s1)N1CCc2ccccc2C1. The van der Waals surface area contributed by atoms with E-state index >= 15 is 0 Å². The molecular formula is C19H22N2O3S. The largest absolute Gasteiger partial charge is 0.477 e. The fraction of sp³-hybridized carbons (Fsp3) is 0.368. The number of fused-ring (bicyclic) bond motifs is 1. The average molecular weight is 358 g/mol. The highest BCUT2D eigenvalue weighted by Crippen LogP contribution is 2.21. The van der Waals surface area contributed by atoms with Crippen molar-refractivity contribution in [3.8, 4) is 0 Å². The molecule has 2 heterocycles. The van der Waals surface area contributed by atoms with Gasteiger partial charge in [0, 0.05) is 25.7 Å². The first-order valence-electron chi connectivity index (χ1n) is 8.50. The van der Waals surface area contributed by atoms with Crippen molar-refractivity contribution in [2.75, 3.05) is 13.1 Å². The summed E-state index contributed by atoms with van der Waals surface area (Å²) in [6, 6.07) is 11.8. The quantitative estimate of drug-likeness (QED) is 0.833. The van der Waals surface area contributed by atoms with Gasteiger partial charge in [0.25, 0.3) is 5.91 Å². The topological polar surface area (TPSA) is 69.6 Å². The van der Waals surface area contributed by atoms with Crippen LogP contribution in [0, 0.1) is 0 Å². The van der Waals surface area contributed by atoms with Crippen molar-refractivity contribution in [2.24, 2.45) is 0 Å². The molecule has 0 spiro atoms. The maximum atomic E-state index is 12.3. The summed E-state index contributed by atoms with van der Waals surface area (Å²) in [6.45, 7) is 4.60. The number of carbonyl (C=O) groups is 2. The summed E-state index contributed by atoms with van der Waals surface area (Å²) in [5, 5.41) is 11.9. The van der Waals surface area contributed by atoms with E-state index in [0.717, 1.165) is 37.3 Å². The monoisotopic (exact) mass is 358 g/mol. The van der Waals surface area contributed by atoms with Gasteiger partial charge in [-0.3, -0.25) is 9.69 Å². The number of nitrogens with one attached hydrogen (secondary N) is 1. The minimum absolute atomic E-state index is 0.185. The van der Waals surface area contributed by atoms with E-state index in [1.165, 1.54) is 17.2 Å². The fourth-order valence-electron chi connectivity index (χ4n) is 3.23. The first-order valence-corrected chi connectivity index (χ1v) is 9.32. The van der Waals surface area contributed by atoms with Crippen LogP contribution in [0.2, 0.25) is 0 Å². The van der Waals surface area contributed by atoms with Crippen molar-refractivity contribution in [1.82, 2.24) is 10.2 Å². The molecule has 3 rings (SSSR count). The molecular weight excluding hydrogens is 336 g/mol. The summed E-state index contributed by atoms with van der Waals surface area (Å²) in [5.74, 6) is -1.20. The number of aromatic carboxylic acids is 1. The molecule has 0 saturated carbocycles. The van der Waals surface area contributed by atoms with E-state index < -0.39 is 5.97 Å². The fourth-order valence-corrected chi connectivity index (χ4v) is 3.99. The van der Waals surface area contributed by atoms with Crippen LogP contribution in [0.1, 0.15) is 43.8 Å². The molecule has 5 nitrogen and oxygen atoms in total. The lowest BCUT2D eigenvalue weighted by molar-refractivity contribution is 0.0702. The number of thiophene rings is 1. The lowest BCUT2D eigenvalue weighted by Crippen LogP contribution is -2.45. The average Bonchev–Trinajstić information content (AvgIpc) is 3.12. The number of carbonyl (C=O) groups excluding carboxylic acids is 1. The van der Waals surface area contributed by atoms with Crippen LogP contribution < -0.4 is 5.32 Å². The number of carboxylic acid groups (broad SMARTS) is 1. The standard InChI is InChI=1S/C19H22N2O3S/c1-2-15(21-10-9-13-5-3-4-6-14(13)12-21)11-20-18(22)16-7-8-17(25-16)19(23)24/h3-8,15H,2,9-12H2,1H3,(H,20,22)(H,23,24). The van der Waals surface area contributed by atoms with E-state index in [4.69, 9.17) is 5.11 Å². The second kappa shape index (κ2) is 7.80. The molecule has 0 bridgehead atoms. The summed E-state index contributed by atoms with van der Waals surface area (Å²) >= 11 is 1.01. The number of benzene rings is 1. The zero-order valence-electron chi connectivity index (χ0n) is 14.2. The molecule has 6 heteroatoms. The van der Waals surface area contributed by atoms with Gasteiger partial charge in [0.2, 0.25) is 0 Å². The Morgan fingerprint density at radius 2 is 1.92 bits per heavy atom. The highest BCUT2D eigenvalue weighted by Gasteiger charge is 2.23. The molecule has 1 unspecified atom stereocenters. The first kappa shape index (κ1) is 17.6.